The lowest BCUT2D eigenvalue weighted by molar-refractivity contribution is 0.555. The molecule has 13 heterocycles. The third-order valence-electron chi connectivity index (χ3n) is 22.4. The molecule has 0 amide bonds. The highest BCUT2D eigenvalue weighted by Crippen LogP contribution is 2.31. The molecule has 0 fully saturated rings. The maximum absolute atomic E-state index is 4.86. The molecule has 0 saturated heterocycles. The van der Waals surface area contributed by atoms with Gasteiger partial charge in [0.1, 0.15) is 11.6 Å². The highest BCUT2D eigenvalue weighted by Gasteiger charge is 2.21. The predicted octanol–water partition coefficient (Wildman–Crippen LogP) is 24.7. The first-order valence-corrected chi connectivity index (χ1v) is 47.1. The van der Waals surface area contributed by atoms with E-state index in [2.05, 4.69) is 180 Å². The topological polar surface area (TPSA) is 322 Å². The largest absolute Gasteiger partial charge is 0.261 e. The van der Waals surface area contributed by atoms with Crippen molar-refractivity contribution in [3.63, 3.8) is 0 Å². The monoisotopic (exact) mass is 1770 g/mol. The van der Waals surface area contributed by atoms with Gasteiger partial charge in [0.05, 0.1) is 11.1 Å². The average Bonchev–Trinajstić information content (AvgIpc) is 0.807. The Labute approximate surface area is 782 Å². The summed E-state index contributed by atoms with van der Waals surface area (Å²) in [5.41, 5.74) is 19.3. The molecular weight excluding hydrogens is 1650 g/mol. The van der Waals surface area contributed by atoms with Gasteiger partial charge in [-0.2, -0.15) is 0 Å². The molecule has 0 saturated carbocycles. The average molecular weight is 1770 g/mol. The van der Waals surface area contributed by atoms with E-state index < -0.39 is 0 Å². The molecule has 0 atom stereocenters. The van der Waals surface area contributed by atoms with Crippen LogP contribution in [-0.2, 0) is 19.3 Å². The minimum absolute atomic E-state index is 0.378. The molecule has 0 radical (unpaired) electrons. The van der Waals surface area contributed by atoms with Gasteiger partial charge in [0, 0.05) is 154 Å². The summed E-state index contributed by atoms with van der Waals surface area (Å²) in [5.74, 6) is 8.88. The van der Waals surface area contributed by atoms with Gasteiger partial charge in [0.2, 0.25) is 11.6 Å². The van der Waals surface area contributed by atoms with Crippen molar-refractivity contribution in [2.24, 2.45) is 0 Å². The number of hydrogen-bond acceptors (Lipinski definition) is 25. The molecule has 0 aliphatic heterocycles. The molecule has 0 bridgehead atoms. The summed E-state index contributed by atoms with van der Waals surface area (Å²) in [6.07, 6.45) is 55.1. The van der Waals surface area contributed by atoms with Crippen LogP contribution in [0.15, 0.2) is 214 Å². The second-order valence-corrected chi connectivity index (χ2v) is 34.0. The minimum Gasteiger partial charge on any atom is -0.261 e. The summed E-state index contributed by atoms with van der Waals surface area (Å²) < 4.78 is 0. The van der Waals surface area contributed by atoms with Crippen LogP contribution >= 0.6 is 0 Å². The smallest absolute Gasteiger partial charge is 0.201 e. The van der Waals surface area contributed by atoms with E-state index in [4.69, 9.17) is 39.9 Å². The van der Waals surface area contributed by atoms with Gasteiger partial charge in [-0.25, -0.2) is 99.7 Å². The molecule has 133 heavy (non-hydrogen) atoms. The van der Waals surface area contributed by atoms with Crippen LogP contribution in [0.2, 0.25) is 0 Å². The van der Waals surface area contributed by atoms with Gasteiger partial charge >= 0.3 is 0 Å². The van der Waals surface area contributed by atoms with Crippen molar-refractivity contribution < 1.29 is 0 Å². The Kier molecular flexibility index (Phi) is 36.4. The summed E-state index contributed by atoms with van der Waals surface area (Å²) in [6.45, 7) is 24.4. The van der Waals surface area contributed by atoms with E-state index in [1.807, 2.05) is 140 Å². The van der Waals surface area contributed by atoms with Crippen LogP contribution in [-0.4, -0.2) is 125 Å². The summed E-state index contributed by atoms with van der Waals surface area (Å²) in [5, 5.41) is 0. The van der Waals surface area contributed by atoms with Crippen molar-refractivity contribution in [2.75, 3.05) is 0 Å². The number of rotatable bonds is 37. The predicted molar refractivity (Wildman–Crippen MR) is 528 cm³/mol. The Hall–Kier alpha value is -14.2. The molecule has 3 aromatic carbocycles. The standard InChI is InChI=1S/C34H42N4.C30H38N8.C24H24N6.C20H17N7/c1-4-5-6-7-8-9-10-11-12-13-20-31-22-21-30(25-35-31)34-37-32(28-18-14-16-26(2)23-28)36-33(38-34)29-19-15-17-27(3)24-29;1-4-5-6-7-8-9-10-11-12-13-14-25-16-15-24(21-31-25)26-36-29(27-32-17-22(2)18-33-27)38-30(37-26)28-34-19-23(3)20-35-28;1-4-5-6-21-12-11-20(15-27-21)24-29-22(18-9-7-16(2)25-13-18)28-23(30-24)19-10-8-17(3)26-14-19;1-12-4-6-15(7-5-12)18-25-19(16-8-21-13(2)22-9-16)27-20(26-18)17-10-23-14(3)24-11-17/h14-19,21-25H,4-13,20H2,1-3H3;15-21H,4-14H2,1-3H3;7-15H,4-6H2,1-3H3;4-11H,1-3H3. The molecule has 0 aliphatic rings. The van der Waals surface area contributed by atoms with Gasteiger partial charge < -0.3 is 0 Å². The van der Waals surface area contributed by atoms with Crippen LogP contribution in [0.1, 0.15) is 230 Å². The maximum atomic E-state index is 4.86. The van der Waals surface area contributed by atoms with E-state index in [1.165, 1.54) is 139 Å². The number of unbranched alkanes of at least 4 members (excludes halogenated alkanes) is 19. The molecule has 25 heteroatoms. The molecule has 16 rings (SSSR count). The molecule has 0 unspecified atom stereocenters. The van der Waals surface area contributed by atoms with Crippen LogP contribution in [0.3, 0.4) is 0 Å². The minimum atomic E-state index is 0.378. The molecule has 13 aromatic heterocycles. The third kappa shape index (κ3) is 29.9. The lowest BCUT2D eigenvalue weighted by Crippen LogP contribution is -2.04. The fourth-order valence-electron chi connectivity index (χ4n) is 14.6. The van der Waals surface area contributed by atoms with Crippen LogP contribution in [0.4, 0.5) is 0 Å². The van der Waals surface area contributed by atoms with Crippen LogP contribution in [0.25, 0.3) is 137 Å². The molecule has 0 aliphatic carbocycles. The van der Waals surface area contributed by atoms with Crippen molar-refractivity contribution in [2.45, 2.75) is 244 Å². The van der Waals surface area contributed by atoms with E-state index >= 15 is 0 Å². The summed E-state index contributed by atoms with van der Waals surface area (Å²) >= 11 is 0. The third-order valence-corrected chi connectivity index (χ3v) is 22.4. The summed E-state index contributed by atoms with van der Waals surface area (Å²) in [7, 11) is 0. The zero-order chi connectivity index (χ0) is 92.9. The van der Waals surface area contributed by atoms with Gasteiger partial charge in [0.15, 0.2) is 69.9 Å². The van der Waals surface area contributed by atoms with Gasteiger partial charge in [-0.15, -0.1) is 0 Å². The Bertz CT molecular complexity index is 5920. The van der Waals surface area contributed by atoms with E-state index in [0.29, 0.717) is 93.2 Å². The van der Waals surface area contributed by atoms with Crippen LogP contribution in [0.5, 0.6) is 0 Å². The highest BCUT2D eigenvalue weighted by molar-refractivity contribution is 5.70. The van der Waals surface area contributed by atoms with E-state index in [1.54, 1.807) is 62.0 Å². The van der Waals surface area contributed by atoms with Crippen molar-refractivity contribution >= 4 is 0 Å². The van der Waals surface area contributed by atoms with Gasteiger partial charge in [0.25, 0.3) is 0 Å². The van der Waals surface area contributed by atoms with E-state index in [-0.39, 0.29) is 0 Å². The summed E-state index contributed by atoms with van der Waals surface area (Å²) in [6, 6.07) is 44.9. The Morgan fingerprint density at radius 1 is 0.165 bits per heavy atom. The number of aromatic nitrogens is 25. The quantitative estimate of drug-likeness (QED) is 0.0326. The molecule has 0 N–H and O–H groups in total. The molecule has 25 nitrogen and oxygen atoms in total. The first kappa shape index (κ1) is 96.3. The molecule has 16 aromatic rings. The molecular formula is C108H121N25. The lowest BCUT2D eigenvalue weighted by atomic mass is 10.0. The fraction of sp³-hybridized carbons (Fsp3) is 0.343. The van der Waals surface area contributed by atoms with Crippen molar-refractivity contribution in [1.82, 2.24) is 125 Å². The number of hydrogen-bond donors (Lipinski definition) is 0. The highest BCUT2D eigenvalue weighted by atomic mass is 15.1. The lowest BCUT2D eigenvalue weighted by Gasteiger charge is -2.09. The first-order valence-electron chi connectivity index (χ1n) is 47.1. The SMILES string of the molecule is CCCCCCCCCCCCc1ccc(-c2nc(-c3cccc(C)c3)nc(-c3cccc(C)c3)n2)cn1.CCCCCCCCCCCCc1ccc(-c2nc(-c3ncc(C)cn3)nc(-c3ncc(C)cn3)n2)cn1.CCCCc1ccc(-c2nc(-c3ccc(C)nc3)nc(-c3ccc(C)nc3)n2)cn1.Cc1ccc(-c2nc(-c3cnc(C)nc3)nc(-c3cnc(C)nc3)n2)cc1. The van der Waals surface area contributed by atoms with Crippen LogP contribution < -0.4 is 0 Å². The number of aryl methyl sites for hydroxylation is 12. The number of benzene rings is 3. The Morgan fingerprint density at radius 3 is 0.722 bits per heavy atom. The molecule has 678 valence electrons. The van der Waals surface area contributed by atoms with Gasteiger partial charge in [-0.1, -0.05) is 220 Å². The zero-order valence-electron chi connectivity index (χ0n) is 79.1. The second kappa shape index (κ2) is 50.2. The number of pyridine rings is 5. The van der Waals surface area contributed by atoms with Gasteiger partial charge in [-0.3, -0.25) is 24.9 Å². The van der Waals surface area contributed by atoms with Crippen molar-refractivity contribution in [1.29, 1.82) is 0 Å². The summed E-state index contributed by atoms with van der Waals surface area (Å²) in [4.78, 5) is 114. The fourth-order valence-corrected chi connectivity index (χ4v) is 14.6. The van der Waals surface area contributed by atoms with Crippen LogP contribution in [0, 0.1) is 62.3 Å². The number of nitrogens with zero attached hydrogens (tertiary/aromatic N) is 25. The first-order chi connectivity index (χ1) is 64.9. The normalized spacial score (nSPS) is 11.0. The van der Waals surface area contributed by atoms with Gasteiger partial charge in [-0.05, 0) is 185 Å². The Morgan fingerprint density at radius 2 is 0.421 bits per heavy atom. The molecule has 0 spiro atoms. The maximum Gasteiger partial charge on any atom is 0.201 e. The van der Waals surface area contributed by atoms with E-state index in [0.717, 1.165) is 134 Å². The van der Waals surface area contributed by atoms with Crippen molar-refractivity contribution in [3.8, 4) is 137 Å². The van der Waals surface area contributed by atoms with Crippen molar-refractivity contribution in [3.05, 3.63) is 282 Å². The second-order valence-electron chi connectivity index (χ2n) is 34.0. The Balaban J connectivity index is 0.000000152. The van der Waals surface area contributed by atoms with E-state index in [9.17, 15) is 0 Å². The zero-order valence-corrected chi connectivity index (χ0v) is 79.1.